The van der Waals surface area contributed by atoms with Crippen molar-refractivity contribution in [3.63, 3.8) is 0 Å². The van der Waals surface area contributed by atoms with Crippen LogP contribution in [-0.2, 0) is 26.2 Å². The summed E-state index contributed by atoms with van der Waals surface area (Å²) in [6.07, 6.45) is 1.05. The first-order valence-corrected chi connectivity index (χ1v) is 13.4. The Morgan fingerprint density at radius 1 is 1.12 bits per heavy atom. The van der Waals surface area contributed by atoms with Gasteiger partial charge in [0.2, 0.25) is 21.8 Å². The number of hydrogen-bond donors (Lipinski definition) is 1. The van der Waals surface area contributed by atoms with Crippen molar-refractivity contribution in [1.29, 1.82) is 0 Å². The van der Waals surface area contributed by atoms with Crippen molar-refractivity contribution in [3.05, 3.63) is 63.1 Å². The molecule has 0 saturated carbocycles. The van der Waals surface area contributed by atoms with E-state index in [1.54, 1.807) is 49.4 Å². The predicted molar refractivity (Wildman–Crippen MR) is 136 cm³/mol. The van der Waals surface area contributed by atoms with Crippen LogP contribution in [0.5, 0.6) is 0 Å². The van der Waals surface area contributed by atoms with Gasteiger partial charge < -0.3 is 10.2 Å². The first kappa shape index (κ1) is 27.1. The van der Waals surface area contributed by atoms with Crippen LogP contribution in [0.3, 0.4) is 0 Å². The summed E-state index contributed by atoms with van der Waals surface area (Å²) in [5.74, 6) is -0.835. The standard InChI is InChI=1S/C23H29BrClN3O4S/c1-15(2)26-23(30)17(4)27(13-18-7-6-8-19(25)12-18)22(29)14-28(33(5,31)32)20-9-10-21(24)16(3)11-20/h6-12,15,17H,13-14H2,1-5H3,(H,26,30)/t17-/m0/s1. The molecule has 0 radical (unpaired) electrons. The summed E-state index contributed by atoms with van der Waals surface area (Å²) in [6.45, 7) is 6.77. The Labute approximate surface area is 209 Å². The number of benzene rings is 2. The lowest BCUT2D eigenvalue weighted by atomic mass is 10.1. The first-order valence-electron chi connectivity index (χ1n) is 10.4. The predicted octanol–water partition coefficient (Wildman–Crippen LogP) is 4.12. The van der Waals surface area contributed by atoms with Crippen LogP contribution in [0, 0.1) is 6.92 Å². The van der Waals surface area contributed by atoms with Gasteiger partial charge in [-0.15, -0.1) is 0 Å². The molecule has 2 rings (SSSR count). The molecule has 0 saturated heterocycles. The van der Waals surface area contributed by atoms with Gasteiger partial charge in [-0.05, 0) is 69.2 Å². The molecule has 0 bridgehead atoms. The quantitative estimate of drug-likeness (QED) is 0.502. The highest BCUT2D eigenvalue weighted by molar-refractivity contribution is 9.10. The maximum absolute atomic E-state index is 13.4. The van der Waals surface area contributed by atoms with E-state index < -0.39 is 28.5 Å². The topological polar surface area (TPSA) is 86.8 Å². The number of nitrogens with one attached hydrogen (secondary N) is 1. The maximum Gasteiger partial charge on any atom is 0.244 e. The van der Waals surface area contributed by atoms with Crippen LogP contribution in [-0.4, -0.2) is 50.0 Å². The Balaban J connectivity index is 2.41. The van der Waals surface area contributed by atoms with Gasteiger partial charge in [0.05, 0.1) is 11.9 Å². The van der Waals surface area contributed by atoms with Crippen LogP contribution in [0.15, 0.2) is 46.9 Å². The number of halogens is 2. The molecular formula is C23H29BrClN3O4S. The number of hydrogen-bond acceptors (Lipinski definition) is 4. The third-order valence-corrected chi connectivity index (χ3v) is 7.21. The SMILES string of the molecule is Cc1cc(N(CC(=O)N(Cc2cccc(Cl)c2)[C@@H](C)C(=O)NC(C)C)S(C)(=O)=O)ccc1Br. The molecule has 33 heavy (non-hydrogen) atoms. The van der Waals surface area contributed by atoms with Crippen molar-refractivity contribution in [2.24, 2.45) is 0 Å². The van der Waals surface area contributed by atoms with E-state index in [2.05, 4.69) is 21.2 Å². The second kappa shape index (κ2) is 11.4. The molecular weight excluding hydrogens is 530 g/mol. The average molecular weight is 559 g/mol. The van der Waals surface area contributed by atoms with Gasteiger partial charge in [-0.1, -0.05) is 39.7 Å². The van der Waals surface area contributed by atoms with Crippen LogP contribution < -0.4 is 9.62 Å². The maximum atomic E-state index is 13.4. The van der Waals surface area contributed by atoms with Crippen LogP contribution >= 0.6 is 27.5 Å². The van der Waals surface area contributed by atoms with Gasteiger partial charge in [0.15, 0.2) is 0 Å². The van der Waals surface area contributed by atoms with Crippen molar-refractivity contribution in [1.82, 2.24) is 10.2 Å². The molecule has 7 nitrogen and oxygen atoms in total. The molecule has 0 unspecified atom stereocenters. The second-order valence-electron chi connectivity index (χ2n) is 8.19. The smallest absolute Gasteiger partial charge is 0.244 e. The number of carbonyl (C=O) groups excluding carboxylic acids is 2. The van der Waals surface area contributed by atoms with E-state index in [1.807, 2.05) is 20.8 Å². The lowest BCUT2D eigenvalue weighted by Crippen LogP contribution is -2.52. The highest BCUT2D eigenvalue weighted by Gasteiger charge is 2.30. The van der Waals surface area contributed by atoms with E-state index in [-0.39, 0.29) is 18.5 Å². The first-order chi connectivity index (χ1) is 15.3. The number of nitrogens with zero attached hydrogens (tertiary/aromatic N) is 2. The molecule has 1 atom stereocenters. The number of carbonyl (C=O) groups is 2. The molecule has 2 aromatic rings. The molecule has 0 aliphatic rings. The molecule has 180 valence electrons. The third kappa shape index (κ3) is 7.72. The van der Waals surface area contributed by atoms with Crippen molar-refractivity contribution in [3.8, 4) is 0 Å². The van der Waals surface area contributed by atoms with Crippen molar-refractivity contribution < 1.29 is 18.0 Å². The summed E-state index contributed by atoms with van der Waals surface area (Å²) in [5.41, 5.74) is 1.92. The van der Waals surface area contributed by atoms with Crippen LogP contribution in [0.1, 0.15) is 31.9 Å². The Bertz CT molecular complexity index is 1120. The summed E-state index contributed by atoms with van der Waals surface area (Å²) in [5, 5.41) is 3.31. The molecule has 0 aliphatic heterocycles. The normalized spacial score (nSPS) is 12.4. The number of sulfonamides is 1. The number of amides is 2. The molecule has 1 N–H and O–H groups in total. The van der Waals surface area contributed by atoms with E-state index in [4.69, 9.17) is 11.6 Å². The highest BCUT2D eigenvalue weighted by Crippen LogP contribution is 2.25. The van der Waals surface area contributed by atoms with E-state index in [1.165, 1.54) is 4.90 Å². The number of aryl methyl sites for hydroxylation is 1. The summed E-state index contributed by atoms with van der Waals surface area (Å²) in [6, 6.07) is 11.1. The van der Waals surface area contributed by atoms with E-state index >= 15 is 0 Å². The Morgan fingerprint density at radius 2 is 1.79 bits per heavy atom. The fourth-order valence-corrected chi connectivity index (χ4v) is 4.52. The summed E-state index contributed by atoms with van der Waals surface area (Å²) in [4.78, 5) is 27.5. The van der Waals surface area contributed by atoms with Gasteiger partial charge >= 0.3 is 0 Å². The highest BCUT2D eigenvalue weighted by atomic mass is 79.9. The van der Waals surface area contributed by atoms with Gasteiger partial charge in [-0.3, -0.25) is 13.9 Å². The monoisotopic (exact) mass is 557 g/mol. The fraction of sp³-hybridized carbons (Fsp3) is 0.391. The molecule has 2 amide bonds. The lowest BCUT2D eigenvalue weighted by molar-refractivity contribution is -0.139. The molecule has 0 heterocycles. The molecule has 0 fully saturated rings. The summed E-state index contributed by atoms with van der Waals surface area (Å²) < 4.78 is 27.0. The molecule has 10 heteroatoms. The summed E-state index contributed by atoms with van der Waals surface area (Å²) >= 11 is 9.50. The molecule has 0 aromatic heterocycles. The summed E-state index contributed by atoms with van der Waals surface area (Å²) in [7, 11) is -3.77. The average Bonchev–Trinajstić information content (AvgIpc) is 2.70. The van der Waals surface area contributed by atoms with Gasteiger partial charge in [0, 0.05) is 22.1 Å². The van der Waals surface area contributed by atoms with Gasteiger partial charge in [-0.25, -0.2) is 8.42 Å². The zero-order valence-corrected chi connectivity index (χ0v) is 22.5. The number of rotatable bonds is 9. The largest absolute Gasteiger partial charge is 0.352 e. The van der Waals surface area contributed by atoms with Gasteiger partial charge in [-0.2, -0.15) is 0 Å². The Kier molecular flexibility index (Phi) is 9.34. The van der Waals surface area contributed by atoms with E-state index in [0.717, 1.165) is 26.2 Å². The molecule has 0 spiro atoms. The minimum Gasteiger partial charge on any atom is -0.352 e. The number of anilines is 1. The van der Waals surface area contributed by atoms with Crippen molar-refractivity contribution in [2.75, 3.05) is 17.1 Å². The minimum atomic E-state index is -3.77. The molecule has 0 aliphatic carbocycles. The van der Waals surface area contributed by atoms with Crippen molar-refractivity contribution in [2.45, 2.75) is 46.3 Å². The zero-order valence-electron chi connectivity index (χ0n) is 19.3. The van der Waals surface area contributed by atoms with E-state index in [9.17, 15) is 18.0 Å². The van der Waals surface area contributed by atoms with Gasteiger partial charge in [0.1, 0.15) is 12.6 Å². The van der Waals surface area contributed by atoms with Gasteiger partial charge in [0.25, 0.3) is 0 Å². The fourth-order valence-electron chi connectivity index (χ4n) is 3.22. The van der Waals surface area contributed by atoms with E-state index in [0.29, 0.717) is 10.7 Å². The van der Waals surface area contributed by atoms with Crippen LogP contribution in [0.25, 0.3) is 0 Å². The third-order valence-electron chi connectivity index (χ3n) is 4.95. The Morgan fingerprint density at radius 3 is 2.33 bits per heavy atom. The van der Waals surface area contributed by atoms with Crippen molar-refractivity contribution >= 4 is 55.1 Å². The second-order valence-corrected chi connectivity index (χ2v) is 11.4. The minimum absolute atomic E-state index is 0.100. The lowest BCUT2D eigenvalue weighted by Gasteiger charge is -2.32. The molecule has 2 aromatic carbocycles. The zero-order chi connectivity index (χ0) is 24.9. The van der Waals surface area contributed by atoms with Crippen LogP contribution in [0.4, 0.5) is 5.69 Å². The Hall–Kier alpha value is -2.10. The van der Waals surface area contributed by atoms with Crippen LogP contribution in [0.2, 0.25) is 5.02 Å².